The Labute approximate surface area is 123 Å². The number of piperidine rings is 1. The topological polar surface area (TPSA) is 38.5 Å². The lowest BCUT2D eigenvalue weighted by Crippen LogP contribution is -2.47. The lowest BCUT2D eigenvalue weighted by molar-refractivity contribution is 0.0733. The molecule has 1 aromatic carbocycles. The van der Waals surface area contributed by atoms with E-state index in [0.29, 0.717) is 12.1 Å². The highest BCUT2D eigenvalue weighted by atomic mass is 16.5. The smallest absolute Gasteiger partial charge is 0.118 e. The summed E-state index contributed by atoms with van der Waals surface area (Å²) >= 11 is 0. The number of likely N-dealkylation sites (tertiary alicyclic amines) is 1. The van der Waals surface area contributed by atoms with Crippen LogP contribution in [0.15, 0.2) is 24.3 Å². The molecule has 0 amide bonds. The molecule has 1 aromatic rings. The van der Waals surface area contributed by atoms with Crippen LogP contribution in [0.3, 0.4) is 0 Å². The summed E-state index contributed by atoms with van der Waals surface area (Å²) in [6, 6.07) is 9.49. The van der Waals surface area contributed by atoms with Gasteiger partial charge in [-0.25, -0.2) is 0 Å². The fourth-order valence-electron chi connectivity index (χ4n) is 3.40. The number of nitrogens with two attached hydrogens (primary N) is 1. The van der Waals surface area contributed by atoms with E-state index < -0.39 is 0 Å². The maximum atomic E-state index is 6.01. The van der Waals surface area contributed by atoms with Crippen LogP contribution in [-0.2, 0) is 0 Å². The average Bonchev–Trinajstić information content (AvgIpc) is 2.50. The maximum Gasteiger partial charge on any atom is 0.118 e. The SMILES string of the molecule is CCC(c1ccc(OC)cc1)N1CCC(C)CC1CN. The summed E-state index contributed by atoms with van der Waals surface area (Å²) in [5.74, 6) is 1.72. The average molecular weight is 276 g/mol. The Hall–Kier alpha value is -1.06. The van der Waals surface area contributed by atoms with E-state index in [0.717, 1.165) is 31.2 Å². The van der Waals surface area contributed by atoms with Crippen LogP contribution in [0, 0.1) is 5.92 Å². The molecule has 1 aliphatic heterocycles. The fraction of sp³-hybridized carbons (Fsp3) is 0.647. The lowest BCUT2D eigenvalue weighted by atomic mass is 9.89. The minimum Gasteiger partial charge on any atom is -0.497 e. The number of benzene rings is 1. The summed E-state index contributed by atoms with van der Waals surface area (Å²) in [5.41, 5.74) is 7.39. The van der Waals surface area contributed by atoms with E-state index in [9.17, 15) is 0 Å². The van der Waals surface area contributed by atoms with Gasteiger partial charge in [0.05, 0.1) is 7.11 Å². The number of hydrogen-bond acceptors (Lipinski definition) is 3. The van der Waals surface area contributed by atoms with Crippen molar-refractivity contribution in [2.45, 2.75) is 45.2 Å². The van der Waals surface area contributed by atoms with Crippen LogP contribution < -0.4 is 10.5 Å². The van der Waals surface area contributed by atoms with E-state index >= 15 is 0 Å². The normalized spacial score (nSPS) is 25.4. The van der Waals surface area contributed by atoms with E-state index in [1.807, 2.05) is 0 Å². The lowest BCUT2D eigenvalue weighted by Gasteiger charge is -2.43. The molecule has 3 unspecified atom stereocenters. The molecule has 0 bridgehead atoms. The Kier molecular flexibility index (Phi) is 5.44. The van der Waals surface area contributed by atoms with Crippen molar-refractivity contribution in [2.75, 3.05) is 20.2 Å². The van der Waals surface area contributed by atoms with Gasteiger partial charge >= 0.3 is 0 Å². The predicted molar refractivity (Wildman–Crippen MR) is 84.0 cm³/mol. The molecule has 0 saturated carbocycles. The molecule has 3 nitrogen and oxygen atoms in total. The highest BCUT2D eigenvalue weighted by Gasteiger charge is 2.30. The van der Waals surface area contributed by atoms with Crippen molar-refractivity contribution in [1.82, 2.24) is 4.90 Å². The Morgan fingerprint density at radius 2 is 2.05 bits per heavy atom. The van der Waals surface area contributed by atoms with Crippen LogP contribution in [0.25, 0.3) is 0 Å². The summed E-state index contributed by atoms with van der Waals surface area (Å²) in [4.78, 5) is 2.61. The van der Waals surface area contributed by atoms with Crippen molar-refractivity contribution in [3.63, 3.8) is 0 Å². The van der Waals surface area contributed by atoms with Gasteiger partial charge in [0.25, 0.3) is 0 Å². The first-order chi connectivity index (χ1) is 9.69. The molecule has 1 fully saturated rings. The van der Waals surface area contributed by atoms with E-state index in [1.165, 1.54) is 18.4 Å². The molecule has 3 heteroatoms. The summed E-state index contributed by atoms with van der Waals surface area (Å²) in [7, 11) is 1.71. The van der Waals surface area contributed by atoms with E-state index in [2.05, 4.69) is 43.0 Å². The minimum absolute atomic E-state index is 0.474. The molecule has 0 aromatic heterocycles. The zero-order chi connectivity index (χ0) is 14.5. The van der Waals surface area contributed by atoms with E-state index in [4.69, 9.17) is 10.5 Å². The highest BCUT2D eigenvalue weighted by molar-refractivity contribution is 5.29. The van der Waals surface area contributed by atoms with Crippen molar-refractivity contribution >= 4 is 0 Å². The summed E-state index contributed by atoms with van der Waals surface area (Å²) < 4.78 is 5.25. The van der Waals surface area contributed by atoms with Crippen LogP contribution in [0.4, 0.5) is 0 Å². The van der Waals surface area contributed by atoms with E-state index in [1.54, 1.807) is 7.11 Å². The molecule has 1 saturated heterocycles. The summed E-state index contributed by atoms with van der Waals surface area (Å²) in [5, 5.41) is 0. The van der Waals surface area contributed by atoms with Gasteiger partial charge in [0, 0.05) is 18.6 Å². The van der Waals surface area contributed by atoms with Gasteiger partial charge in [-0.3, -0.25) is 4.90 Å². The Morgan fingerprint density at radius 3 is 2.60 bits per heavy atom. The molecule has 1 heterocycles. The van der Waals surface area contributed by atoms with Gasteiger partial charge in [0.2, 0.25) is 0 Å². The molecular weight excluding hydrogens is 248 g/mol. The van der Waals surface area contributed by atoms with Crippen molar-refractivity contribution in [3.8, 4) is 5.75 Å². The molecule has 2 N–H and O–H groups in total. The molecule has 0 radical (unpaired) electrons. The van der Waals surface area contributed by atoms with Crippen LogP contribution in [0.5, 0.6) is 5.75 Å². The zero-order valence-corrected chi connectivity index (χ0v) is 13.0. The maximum absolute atomic E-state index is 6.01. The highest BCUT2D eigenvalue weighted by Crippen LogP contribution is 2.33. The minimum atomic E-state index is 0.474. The Morgan fingerprint density at radius 1 is 1.35 bits per heavy atom. The molecule has 1 aliphatic rings. The van der Waals surface area contributed by atoms with Gasteiger partial charge in [0.15, 0.2) is 0 Å². The van der Waals surface area contributed by atoms with Crippen molar-refractivity contribution in [2.24, 2.45) is 11.7 Å². The molecule has 112 valence electrons. The standard InChI is InChI=1S/C17H28N2O/c1-4-17(14-5-7-16(20-3)8-6-14)19-10-9-13(2)11-15(19)12-18/h5-8,13,15,17H,4,9-12,18H2,1-3H3. The largest absolute Gasteiger partial charge is 0.497 e. The summed E-state index contributed by atoms with van der Waals surface area (Å²) in [6.07, 6.45) is 3.63. The number of ether oxygens (including phenoxy) is 1. The predicted octanol–water partition coefficient (Wildman–Crippen LogP) is 3.21. The van der Waals surface area contributed by atoms with Gasteiger partial charge in [-0.05, 0) is 49.4 Å². The first kappa shape index (κ1) is 15.3. The molecule has 3 atom stereocenters. The molecule has 20 heavy (non-hydrogen) atoms. The monoisotopic (exact) mass is 276 g/mol. The molecule has 0 spiro atoms. The molecule has 2 rings (SSSR count). The third-order valence-electron chi connectivity index (χ3n) is 4.58. The van der Waals surface area contributed by atoms with Gasteiger partial charge in [0.1, 0.15) is 5.75 Å². The molecular formula is C17H28N2O. The third-order valence-corrected chi connectivity index (χ3v) is 4.58. The van der Waals surface area contributed by atoms with Crippen molar-refractivity contribution in [3.05, 3.63) is 29.8 Å². The second-order valence-electron chi connectivity index (χ2n) is 5.95. The number of rotatable bonds is 5. The van der Waals surface area contributed by atoms with Crippen LogP contribution in [-0.4, -0.2) is 31.1 Å². The van der Waals surface area contributed by atoms with Gasteiger partial charge in [-0.1, -0.05) is 26.0 Å². The van der Waals surface area contributed by atoms with Crippen LogP contribution >= 0.6 is 0 Å². The summed E-state index contributed by atoms with van der Waals surface area (Å²) in [6.45, 7) is 6.53. The second-order valence-corrected chi connectivity index (χ2v) is 5.95. The zero-order valence-electron chi connectivity index (χ0n) is 13.0. The van der Waals surface area contributed by atoms with E-state index in [-0.39, 0.29) is 0 Å². The number of methoxy groups -OCH3 is 1. The van der Waals surface area contributed by atoms with Crippen LogP contribution in [0.1, 0.15) is 44.7 Å². The van der Waals surface area contributed by atoms with Gasteiger partial charge < -0.3 is 10.5 Å². The Bertz CT molecular complexity index is 404. The number of hydrogen-bond donors (Lipinski definition) is 1. The van der Waals surface area contributed by atoms with Crippen molar-refractivity contribution < 1.29 is 4.74 Å². The van der Waals surface area contributed by atoms with Gasteiger partial charge in [-0.15, -0.1) is 0 Å². The quantitative estimate of drug-likeness (QED) is 0.897. The van der Waals surface area contributed by atoms with Crippen molar-refractivity contribution in [1.29, 1.82) is 0 Å². The second kappa shape index (κ2) is 7.09. The third kappa shape index (κ3) is 3.33. The van der Waals surface area contributed by atoms with Gasteiger partial charge in [-0.2, -0.15) is 0 Å². The number of nitrogens with zero attached hydrogens (tertiary/aromatic N) is 1. The van der Waals surface area contributed by atoms with Crippen LogP contribution in [0.2, 0.25) is 0 Å². The first-order valence-corrected chi connectivity index (χ1v) is 7.79. The Balaban J connectivity index is 2.17. The fourth-order valence-corrected chi connectivity index (χ4v) is 3.40. The molecule has 0 aliphatic carbocycles. The first-order valence-electron chi connectivity index (χ1n) is 7.79.